The molecule has 2 heterocycles. The van der Waals surface area contributed by atoms with Gasteiger partial charge in [0.15, 0.2) is 0 Å². The van der Waals surface area contributed by atoms with E-state index in [1.54, 1.807) is 0 Å². The molecule has 0 bridgehead atoms. The topological polar surface area (TPSA) is 32.7 Å². The minimum Gasteiger partial charge on any atom is -0.394 e. The van der Waals surface area contributed by atoms with Crippen LogP contribution in [-0.2, 0) is 4.74 Å². The molecular weight excluding hydrogens is 204 g/mol. The molecule has 2 fully saturated rings. The number of aliphatic hydroxyl groups excluding tert-OH is 1. The van der Waals surface area contributed by atoms with Gasteiger partial charge in [0.25, 0.3) is 0 Å². The Morgan fingerprint density at radius 2 is 2.40 bits per heavy atom. The van der Waals surface area contributed by atoms with E-state index in [-0.39, 0.29) is 6.61 Å². The minimum absolute atomic E-state index is 0.0187. The summed E-state index contributed by atoms with van der Waals surface area (Å²) in [7, 11) is 0. The maximum atomic E-state index is 12.0. The zero-order valence-electron chi connectivity index (χ0n) is 8.46. The van der Waals surface area contributed by atoms with Gasteiger partial charge in [-0.05, 0) is 12.8 Å². The Kier molecular flexibility index (Phi) is 2.79. The van der Waals surface area contributed by atoms with E-state index in [2.05, 4.69) is 11.3 Å². The maximum absolute atomic E-state index is 12.0. The molecule has 86 valence electrons. The molecule has 0 unspecified atom stereocenters. The van der Waals surface area contributed by atoms with Gasteiger partial charge in [0.1, 0.15) is 0 Å². The molecule has 3 nitrogen and oxygen atoms in total. The van der Waals surface area contributed by atoms with E-state index in [1.807, 2.05) is 4.90 Å². The van der Waals surface area contributed by atoms with Crippen molar-refractivity contribution in [3.63, 3.8) is 0 Å². The molecule has 15 heavy (non-hydrogen) atoms. The van der Waals surface area contributed by atoms with E-state index in [0.29, 0.717) is 25.9 Å². The molecule has 2 rings (SSSR count). The summed E-state index contributed by atoms with van der Waals surface area (Å²) in [4.78, 5) is 2.00. The van der Waals surface area contributed by atoms with Crippen molar-refractivity contribution < 1.29 is 18.6 Å². The van der Waals surface area contributed by atoms with Crippen molar-refractivity contribution in [1.29, 1.82) is 0 Å². The lowest BCUT2D eigenvalue weighted by Crippen LogP contribution is -2.41. The maximum Gasteiger partial charge on any atom is 0.345 e. The first-order chi connectivity index (χ1) is 7.05. The predicted octanol–water partition coefficient (Wildman–Crippen LogP) is 0.991. The average Bonchev–Trinajstić information content (AvgIpc) is 2.56. The largest absolute Gasteiger partial charge is 0.394 e. The Morgan fingerprint density at radius 1 is 1.67 bits per heavy atom. The molecule has 5 heteroatoms. The number of nitrogens with zero attached hydrogens (tertiary/aromatic N) is 1. The number of ether oxygens (including phenoxy) is 1. The first kappa shape index (κ1) is 11.0. The Balaban J connectivity index is 2.04. The van der Waals surface area contributed by atoms with Gasteiger partial charge in [0.05, 0.1) is 18.2 Å². The zero-order valence-corrected chi connectivity index (χ0v) is 8.46. The molecule has 0 aromatic rings. The van der Waals surface area contributed by atoms with Gasteiger partial charge in [0, 0.05) is 13.1 Å². The van der Waals surface area contributed by atoms with Crippen molar-refractivity contribution in [1.82, 2.24) is 4.90 Å². The van der Waals surface area contributed by atoms with Crippen LogP contribution in [-0.4, -0.2) is 48.0 Å². The molecule has 0 aromatic carbocycles. The Hall–Kier alpha value is -0.520. The highest BCUT2D eigenvalue weighted by Crippen LogP contribution is 2.41. The molecule has 1 N–H and O–H groups in total. The van der Waals surface area contributed by atoms with Crippen LogP contribution < -0.4 is 0 Å². The summed E-state index contributed by atoms with van der Waals surface area (Å²) in [6.45, 7) is 2.27. The average molecular weight is 219 g/mol. The van der Waals surface area contributed by atoms with Crippen molar-refractivity contribution in [2.75, 3.05) is 19.7 Å². The van der Waals surface area contributed by atoms with Crippen molar-refractivity contribution in [2.24, 2.45) is 0 Å². The summed E-state index contributed by atoms with van der Waals surface area (Å²) in [6, 6.07) is 0. The summed E-state index contributed by atoms with van der Waals surface area (Å²) in [5.41, 5.74) is 0.663. The van der Waals surface area contributed by atoms with Gasteiger partial charge in [-0.25, -0.2) is 0 Å². The van der Waals surface area contributed by atoms with Crippen LogP contribution in [0.3, 0.4) is 0 Å². The zero-order chi connectivity index (χ0) is 11.1. The second-order valence-electron chi connectivity index (χ2n) is 4.41. The monoisotopic (exact) mass is 219 g/mol. The van der Waals surface area contributed by atoms with Crippen LogP contribution in [0.25, 0.3) is 0 Å². The van der Waals surface area contributed by atoms with Crippen LogP contribution in [0.1, 0.15) is 12.8 Å². The quantitative estimate of drug-likeness (QED) is 0.718. The van der Waals surface area contributed by atoms with Crippen LogP contribution in [0.15, 0.2) is 12.2 Å². The van der Waals surface area contributed by atoms with Crippen molar-refractivity contribution in [3.8, 4) is 0 Å². The Bertz CT molecular complexity index is 272. The van der Waals surface area contributed by atoms with Crippen molar-refractivity contribution in [3.05, 3.63) is 12.2 Å². The lowest BCUT2D eigenvalue weighted by molar-refractivity contribution is -0.159. The molecule has 2 aliphatic rings. The third-order valence-corrected chi connectivity index (χ3v) is 3.29. The molecular formula is C10H15F2NO2. The van der Waals surface area contributed by atoms with Gasteiger partial charge in [-0.15, -0.1) is 0 Å². The van der Waals surface area contributed by atoms with Gasteiger partial charge in [-0.2, -0.15) is 8.78 Å². The molecule has 0 saturated carbocycles. The number of hydrogen-bond acceptors (Lipinski definition) is 3. The molecule has 0 amide bonds. The molecule has 0 aromatic heterocycles. The van der Waals surface area contributed by atoms with E-state index in [0.717, 1.165) is 5.57 Å². The van der Waals surface area contributed by atoms with Gasteiger partial charge < -0.3 is 9.84 Å². The number of alkyl halides is 2. The number of halogens is 2. The number of hydrogen-bond donors (Lipinski definition) is 1. The van der Waals surface area contributed by atoms with E-state index in [9.17, 15) is 13.9 Å². The summed E-state index contributed by atoms with van der Waals surface area (Å²) in [6.07, 6.45) is 0.685. The number of aliphatic hydroxyl groups is 1. The third-order valence-electron chi connectivity index (χ3n) is 3.29. The molecule has 0 aliphatic carbocycles. The van der Waals surface area contributed by atoms with E-state index in [1.165, 1.54) is 0 Å². The smallest absolute Gasteiger partial charge is 0.345 e. The molecule has 0 spiro atoms. The highest BCUT2D eigenvalue weighted by Gasteiger charge is 2.50. The van der Waals surface area contributed by atoms with Gasteiger partial charge >= 0.3 is 6.61 Å². The van der Waals surface area contributed by atoms with E-state index in [4.69, 9.17) is 0 Å². The van der Waals surface area contributed by atoms with Crippen molar-refractivity contribution in [2.45, 2.75) is 31.1 Å². The van der Waals surface area contributed by atoms with Crippen LogP contribution >= 0.6 is 0 Å². The lowest BCUT2D eigenvalue weighted by atomic mass is 9.93. The predicted molar refractivity (Wildman–Crippen MR) is 50.6 cm³/mol. The van der Waals surface area contributed by atoms with E-state index >= 15 is 0 Å². The van der Waals surface area contributed by atoms with Crippen molar-refractivity contribution >= 4 is 0 Å². The van der Waals surface area contributed by atoms with Crippen LogP contribution in [0, 0.1) is 0 Å². The summed E-state index contributed by atoms with van der Waals surface area (Å²) >= 11 is 0. The van der Waals surface area contributed by atoms with Crippen LogP contribution in [0.5, 0.6) is 0 Å². The summed E-state index contributed by atoms with van der Waals surface area (Å²) in [5, 5.41) is 9.37. The summed E-state index contributed by atoms with van der Waals surface area (Å²) < 4.78 is 28.6. The fourth-order valence-corrected chi connectivity index (χ4v) is 2.72. The molecule has 2 aliphatic heterocycles. The third kappa shape index (κ3) is 1.91. The lowest BCUT2D eigenvalue weighted by Gasteiger charge is -2.28. The van der Waals surface area contributed by atoms with Crippen LogP contribution in [0.2, 0.25) is 0 Å². The Labute approximate surface area is 87.3 Å². The second-order valence-corrected chi connectivity index (χ2v) is 4.41. The summed E-state index contributed by atoms with van der Waals surface area (Å²) in [5.74, 6) is 0. The first-order valence-electron chi connectivity index (χ1n) is 5.02. The molecule has 2 atom stereocenters. The highest BCUT2D eigenvalue weighted by atomic mass is 19.3. The van der Waals surface area contributed by atoms with Gasteiger partial charge in [0.2, 0.25) is 0 Å². The molecule has 2 saturated heterocycles. The second kappa shape index (κ2) is 3.81. The molecule has 0 radical (unpaired) electrons. The van der Waals surface area contributed by atoms with Crippen LogP contribution in [0.4, 0.5) is 8.78 Å². The number of fused-ring (bicyclic) bond motifs is 1. The fraction of sp³-hybridized carbons (Fsp3) is 0.800. The minimum atomic E-state index is -2.73. The highest BCUT2D eigenvalue weighted by molar-refractivity contribution is 5.19. The first-order valence-corrected chi connectivity index (χ1v) is 5.02. The van der Waals surface area contributed by atoms with E-state index < -0.39 is 18.3 Å². The normalized spacial score (nSPS) is 36.5. The standard InChI is InChI=1S/C10H15F2NO2/c1-7-2-10(6-14)3-8(15-9(11)12)5-13(10)4-7/h8-9,14H,1-6H2/t8-,10+/m0/s1. The van der Waals surface area contributed by atoms with Gasteiger partial charge in [-0.3, -0.25) is 4.90 Å². The number of rotatable bonds is 3. The Morgan fingerprint density at radius 3 is 2.93 bits per heavy atom. The van der Waals surface area contributed by atoms with Gasteiger partial charge in [-0.1, -0.05) is 12.2 Å². The SMILES string of the molecule is C=C1CN2C[C@@H](OC(F)F)C[C@@]2(CO)C1. The fourth-order valence-electron chi connectivity index (χ4n) is 2.72.